The summed E-state index contributed by atoms with van der Waals surface area (Å²) in [6, 6.07) is 0. The minimum absolute atomic E-state index is 0.248. The van der Waals surface area contributed by atoms with Gasteiger partial charge in [0.2, 0.25) is 0 Å². The molecule has 0 unspecified atom stereocenters. The van der Waals surface area contributed by atoms with Gasteiger partial charge in [0.1, 0.15) is 5.57 Å². The number of rotatable bonds is 3. The van der Waals surface area contributed by atoms with Gasteiger partial charge in [0.05, 0.1) is 5.54 Å². The van der Waals surface area contributed by atoms with E-state index in [1.54, 1.807) is 0 Å². The molecule has 0 spiro atoms. The molecule has 0 aromatic heterocycles. The molecule has 0 rings (SSSR count). The third kappa shape index (κ3) is 1.35. The molecule has 0 radical (unpaired) electrons. The summed E-state index contributed by atoms with van der Waals surface area (Å²) in [5.74, 6) is 0. The summed E-state index contributed by atoms with van der Waals surface area (Å²) >= 11 is 0. The van der Waals surface area contributed by atoms with Crippen molar-refractivity contribution in [3.05, 3.63) is 38.2 Å². The molecule has 0 aliphatic rings. The summed E-state index contributed by atoms with van der Waals surface area (Å²) < 4.78 is 0. The first-order valence-electron chi connectivity index (χ1n) is 2.96. The summed E-state index contributed by atoms with van der Waals surface area (Å²) in [4.78, 5) is 0. The van der Waals surface area contributed by atoms with Gasteiger partial charge < -0.3 is 11.5 Å². The molecular weight excluding hydrogens is 124 g/mol. The largest absolute Gasteiger partial charge is 0.328 e. The van der Waals surface area contributed by atoms with Gasteiger partial charge in [-0.2, -0.15) is 5.57 Å². The van der Waals surface area contributed by atoms with Gasteiger partial charge in [-0.25, -0.2) is 13.5 Å². The molecule has 0 bridgehead atoms. The highest BCUT2D eigenvalue weighted by atomic mass is 14.8. The van der Waals surface area contributed by atoms with Crippen molar-refractivity contribution in [2.24, 2.45) is 11.5 Å². The van der Waals surface area contributed by atoms with Crippen LogP contribution >= 0.6 is 0 Å². The Morgan fingerprint density at radius 1 is 1.60 bits per heavy atom. The monoisotopic (exact) mass is 138 g/mol. The summed E-state index contributed by atoms with van der Waals surface area (Å²) in [5, 5.41) is 0. The molecule has 0 saturated carbocycles. The minimum Gasteiger partial charge on any atom is -0.328 e. The summed E-state index contributed by atoms with van der Waals surface area (Å²) in [6.07, 6.45) is 0. The van der Waals surface area contributed by atoms with E-state index in [-0.39, 0.29) is 6.54 Å². The first-order valence-corrected chi connectivity index (χ1v) is 2.96. The predicted molar refractivity (Wildman–Crippen MR) is 45.0 cm³/mol. The average molecular weight is 138 g/mol. The van der Waals surface area contributed by atoms with Gasteiger partial charge in [-0.05, 0) is 0 Å². The molecule has 0 aliphatic carbocycles. The maximum atomic E-state index is 5.73. The van der Waals surface area contributed by atoms with Crippen molar-refractivity contribution in [2.75, 3.05) is 6.54 Å². The summed E-state index contributed by atoms with van der Waals surface area (Å²) in [7, 11) is 0. The van der Waals surface area contributed by atoms with Gasteiger partial charge in [-0.15, -0.1) is 0 Å². The van der Waals surface area contributed by atoms with Gasteiger partial charge in [0, 0.05) is 20.0 Å². The summed E-state index contributed by atoms with van der Waals surface area (Å²) in [6.45, 7) is 14.7. The first-order chi connectivity index (χ1) is 4.45. The van der Waals surface area contributed by atoms with Crippen LogP contribution in [-0.2, 0) is 0 Å². The van der Waals surface area contributed by atoms with Crippen molar-refractivity contribution in [1.82, 2.24) is 0 Å². The fourth-order valence-corrected chi connectivity index (χ4v) is 0.539. The van der Waals surface area contributed by atoms with Crippen LogP contribution in [0.15, 0.2) is 24.3 Å². The average Bonchev–Trinajstić information content (AvgIpc) is 1.85. The van der Waals surface area contributed by atoms with E-state index in [1.807, 2.05) is 0 Å². The molecule has 0 fully saturated rings. The second-order valence-electron chi connectivity index (χ2n) is 2.38. The molecule has 56 valence electrons. The molecule has 0 atom stereocenters. The van der Waals surface area contributed by atoms with Gasteiger partial charge in [-0.3, -0.25) is 0 Å². The van der Waals surface area contributed by atoms with Crippen molar-refractivity contribution in [3.63, 3.8) is 0 Å². The Hall–Kier alpha value is -0.860. The van der Waals surface area contributed by atoms with Crippen molar-refractivity contribution in [2.45, 2.75) is 5.54 Å². The second kappa shape index (κ2) is 2.82. The molecule has 0 saturated heterocycles. The molecule has 2 nitrogen and oxygen atoms in total. The van der Waals surface area contributed by atoms with Gasteiger partial charge >= 0.3 is 0 Å². The van der Waals surface area contributed by atoms with E-state index >= 15 is 0 Å². The lowest BCUT2D eigenvalue weighted by Crippen LogP contribution is -2.48. The number of nitrogens with two attached hydrogens (primary N) is 2. The van der Waals surface area contributed by atoms with E-state index < -0.39 is 5.54 Å². The molecule has 0 amide bonds. The van der Waals surface area contributed by atoms with Gasteiger partial charge in [0.25, 0.3) is 0 Å². The van der Waals surface area contributed by atoms with Crippen molar-refractivity contribution in [1.29, 1.82) is 0 Å². The third-order valence-electron chi connectivity index (χ3n) is 1.58. The van der Waals surface area contributed by atoms with E-state index in [9.17, 15) is 0 Å². The predicted octanol–water partition coefficient (Wildman–Crippen LogP) is 0.423. The topological polar surface area (TPSA) is 52.0 Å². The number of hydrogen-bond acceptors (Lipinski definition) is 2. The standard InChI is InChI=1S/C8H14N2/c1-6(2)8(10,5-9)7(3)4/h1-5,9-10H2. The molecule has 4 N–H and O–H groups in total. The zero-order valence-electron chi connectivity index (χ0n) is 6.19. The fraction of sp³-hybridized carbons (Fsp3) is 0.250. The Bertz CT molecular complexity index is 145. The minimum atomic E-state index is -0.792. The summed E-state index contributed by atoms with van der Waals surface area (Å²) in [5.41, 5.74) is 11.4. The molecule has 0 aliphatic heterocycles. The van der Waals surface area contributed by atoms with Crippen molar-refractivity contribution < 1.29 is 0 Å². The van der Waals surface area contributed by atoms with Crippen LogP contribution in [0.5, 0.6) is 0 Å². The highest BCUT2D eigenvalue weighted by molar-refractivity contribution is 5.35. The van der Waals surface area contributed by atoms with Gasteiger partial charge in [0.15, 0.2) is 0 Å². The zero-order chi connectivity index (χ0) is 8.36. The van der Waals surface area contributed by atoms with Crippen LogP contribution < -0.4 is 11.5 Å². The van der Waals surface area contributed by atoms with E-state index in [0.29, 0.717) is 11.1 Å². The van der Waals surface area contributed by atoms with E-state index in [4.69, 9.17) is 11.5 Å². The van der Waals surface area contributed by atoms with Crippen LogP contribution in [0.4, 0.5) is 0 Å². The van der Waals surface area contributed by atoms with Crippen LogP contribution in [0.25, 0.3) is 0 Å². The Morgan fingerprint density at radius 3 is 2.00 bits per heavy atom. The normalized spacial score (nSPS) is 15.8. The highest BCUT2D eigenvalue weighted by Gasteiger charge is 2.25. The molecule has 0 heterocycles. The molecule has 10 heavy (non-hydrogen) atoms. The highest BCUT2D eigenvalue weighted by Crippen LogP contribution is 2.17. The lowest BCUT2D eigenvalue weighted by Gasteiger charge is -2.28. The molecule has 0 aromatic carbocycles. The van der Waals surface area contributed by atoms with Crippen molar-refractivity contribution in [3.8, 4) is 0 Å². The Kier molecular flexibility index (Phi) is 2.57. The third-order valence-corrected chi connectivity index (χ3v) is 1.58. The fourth-order valence-electron chi connectivity index (χ4n) is 0.539. The Morgan fingerprint density at radius 2 is 2.00 bits per heavy atom. The van der Waals surface area contributed by atoms with Crippen LogP contribution in [0.2, 0.25) is 0 Å². The zero-order valence-corrected chi connectivity index (χ0v) is 6.19. The maximum absolute atomic E-state index is 5.73. The first kappa shape index (κ1) is 9.14. The van der Waals surface area contributed by atoms with Crippen LogP contribution in [0.1, 0.15) is 0 Å². The Balaban J connectivity index is 4.55. The number of hydrogen-bond donors (Lipinski definition) is 2. The Labute approximate surface area is 62.6 Å². The van der Waals surface area contributed by atoms with Crippen LogP contribution in [-0.4, -0.2) is 12.1 Å². The van der Waals surface area contributed by atoms with E-state index in [2.05, 4.69) is 27.0 Å². The lowest BCUT2D eigenvalue weighted by molar-refractivity contribution is 0.617. The maximum Gasteiger partial charge on any atom is 0.119 e. The van der Waals surface area contributed by atoms with Crippen LogP contribution in [0.3, 0.4) is 0 Å². The smallest absolute Gasteiger partial charge is 0.119 e. The lowest BCUT2D eigenvalue weighted by atomic mass is 9.87. The second-order valence-corrected chi connectivity index (χ2v) is 2.38. The SMILES string of the molecule is C=C([CH2+])C(N)(CN)C(=C)[CH2-]. The molecular formula is C8H14N2. The van der Waals surface area contributed by atoms with Crippen molar-refractivity contribution >= 4 is 0 Å². The van der Waals surface area contributed by atoms with E-state index in [1.165, 1.54) is 0 Å². The quantitative estimate of drug-likeness (QED) is 0.555. The van der Waals surface area contributed by atoms with Crippen LogP contribution in [0, 0.1) is 13.8 Å². The molecule has 0 aromatic rings. The van der Waals surface area contributed by atoms with E-state index in [0.717, 1.165) is 0 Å². The molecule has 2 heteroatoms. The van der Waals surface area contributed by atoms with Gasteiger partial charge in [-0.1, -0.05) is 0 Å².